The molecule has 0 aliphatic heterocycles. The van der Waals surface area contributed by atoms with E-state index >= 15 is 0 Å². The summed E-state index contributed by atoms with van der Waals surface area (Å²) in [5.74, 6) is 0.898. The molecule has 0 saturated heterocycles. The highest BCUT2D eigenvalue weighted by Crippen LogP contribution is 2.25. The maximum atomic E-state index is 12.1. The predicted molar refractivity (Wildman–Crippen MR) is 105 cm³/mol. The predicted octanol–water partition coefficient (Wildman–Crippen LogP) is 2.61. The highest BCUT2D eigenvalue weighted by atomic mass is 32.2. The van der Waals surface area contributed by atoms with Gasteiger partial charge in [-0.3, -0.25) is 4.79 Å². The summed E-state index contributed by atoms with van der Waals surface area (Å²) in [6.45, 7) is 0. The van der Waals surface area contributed by atoms with Crippen LogP contribution in [0.2, 0.25) is 0 Å². The molecular formula is C19H22N2O5S. The number of hydrogen-bond donors (Lipinski definition) is 1. The van der Waals surface area contributed by atoms with Crippen molar-refractivity contribution in [2.45, 2.75) is 4.90 Å². The van der Waals surface area contributed by atoms with Crippen molar-refractivity contribution in [2.24, 2.45) is 0 Å². The summed E-state index contributed by atoms with van der Waals surface area (Å²) >= 11 is 0. The third-order valence-electron chi connectivity index (χ3n) is 3.75. The number of anilines is 1. The van der Waals surface area contributed by atoms with Crippen LogP contribution in [0.5, 0.6) is 11.5 Å². The van der Waals surface area contributed by atoms with Gasteiger partial charge in [-0.25, -0.2) is 12.7 Å². The minimum atomic E-state index is -3.50. The highest BCUT2D eigenvalue weighted by Gasteiger charge is 2.16. The standard InChI is InChI=1S/C19H22N2O5S/c1-21(2)27(23,24)17-9-6-15(7-10-17)20-19(22)12-5-14-13-16(25-3)8-11-18(14)26-4/h5-13H,1-4H3,(H,20,22)/b12-5+. The fourth-order valence-electron chi connectivity index (χ4n) is 2.24. The Bertz CT molecular complexity index is 935. The van der Waals surface area contributed by atoms with Gasteiger partial charge in [0.05, 0.1) is 19.1 Å². The van der Waals surface area contributed by atoms with E-state index in [2.05, 4.69) is 5.32 Å². The molecule has 0 unspecified atom stereocenters. The van der Waals surface area contributed by atoms with Gasteiger partial charge < -0.3 is 14.8 Å². The molecule has 0 fully saturated rings. The Morgan fingerprint density at radius 2 is 1.70 bits per heavy atom. The first-order valence-electron chi connectivity index (χ1n) is 8.01. The molecule has 2 rings (SSSR count). The van der Waals surface area contributed by atoms with Crippen molar-refractivity contribution < 1.29 is 22.7 Å². The Kier molecular flexibility index (Phi) is 6.59. The molecule has 1 amide bonds. The molecule has 0 aliphatic rings. The van der Waals surface area contributed by atoms with Crippen molar-refractivity contribution in [3.63, 3.8) is 0 Å². The van der Waals surface area contributed by atoms with Gasteiger partial charge in [-0.05, 0) is 48.5 Å². The van der Waals surface area contributed by atoms with Crippen molar-refractivity contribution in [3.05, 3.63) is 54.1 Å². The zero-order chi connectivity index (χ0) is 20.0. The molecule has 7 nitrogen and oxygen atoms in total. The van der Waals surface area contributed by atoms with E-state index in [1.54, 1.807) is 38.5 Å². The molecule has 0 heterocycles. The lowest BCUT2D eigenvalue weighted by molar-refractivity contribution is -0.111. The van der Waals surface area contributed by atoms with Gasteiger partial charge in [-0.15, -0.1) is 0 Å². The minimum absolute atomic E-state index is 0.155. The number of hydrogen-bond acceptors (Lipinski definition) is 5. The molecule has 0 saturated carbocycles. The highest BCUT2D eigenvalue weighted by molar-refractivity contribution is 7.89. The van der Waals surface area contributed by atoms with E-state index in [1.165, 1.54) is 44.4 Å². The van der Waals surface area contributed by atoms with Crippen LogP contribution in [0, 0.1) is 0 Å². The van der Waals surface area contributed by atoms with Gasteiger partial charge in [0, 0.05) is 31.4 Å². The number of nitrogens with one attached hydrogen (secondary N) is 1. The molecule has 2 aromatic rings. The summed E-state index contributed by atoms with van der Waals surface area (Å²) < 4.78 is 35.6. The van der Waals surface area contributed by atoms with E-state index in [0.29, 0.717) is 22.7 Å². The van der Waals surface area contributed by atoms with Crippen LogP contribution in [0.3, 0.4) is 0 Å². The number of sulfonamides is 1. The summed E-state index contributed by atoms with van der Waals surface area (Å²) in [4.78, 5) is 12.3. The van der Waals surface area contributed by atoms with Gasteiger partial charge in [0.1, 0.15) is 11.5 Å². The van der Waals surface area contributed by atoms with Crippen molar-refractivity contribution in [1.82, 2.24) is 4.31 Å². The fourth-order valence-corrected chi connectivity index (χ4v) is 3.14. The van der Waals surface area contributed by atoms with Crippen molar-refractivity contribution in [2.75, 3.05) is 33.6 Å². The van der Waals surface area contributed by atoms with Crippen LogP contribution >= 0.6 is 0 Å². The average Bonchev–Trinajstić information content (AvgIpc) is 2.66. The fraction of sp³-hybridized carbons (Fsp3) is 0.211. The SMILES string of the molecule is COc1ccc(OC)c(/C=C/C(=O)Nc2ccc(S(=O)(=O)N(C)C)cc2)c1. The Labute approximate surface area is 159 Å². The largest absolute Gasteiger partial charge is 0.497 e. The third kappa shape index (κ3) is 5.08. The second-order valence-electron chi connectivity index (χ2n) is 5.74. The molecular weight excluding hydrogens is 368 g/mol. The van der Waals surface area contributed by atoms with E-state index in [9.17, 15) is 13.2 Å². The van der Waals surface area contributed by atoms with Gasteiger partial charge in [0.25, 0.3) is 0 Å². The van der Waals surface area contributed by atoms with E-state index in [0.717, 1.165) is 4.31 Å². The smallest absolute Gasteiger partial charge is 0.248 e. The van der Waals surface area contributed by atoms with Crippen LogP contribution in [-0.2, 0) is 14.8 Å². The Balaban J connectivity index is 2.11. The number of carbonyl (C=O) groups is 1. The summed E-state index contributed by atoms with van der Waals surface area (Å²) in [6.07, 6.45) is 2.98. The Morgan fingerprint density at radius 1 is 1.04 bits per heavy atom. The van der Waals surface area contributed by atoms with E-state index < -0.39 is 10.0 Å². The van der Waals surface area contributed by atoms with Crippen LogP contribution < -0.4 is 14.8 Å². The number of methoxy groups -OCH3 is 2. The average molecular weight is 390 g/mol. The monoisotopic (exact) mass is 390 g/mol. The quantitative estimate of drug-likeness (QED) is 0.735. The van der Waals surface area contributed by atoms with Crippen molar-refractivity contribution >= 4 is 27.7 Å². The number of nitrogens with zero attached hydrogens (tertiary/aromatic N) is 1. The van der Waals surface area contributed by atoms with E-state index in [-0.39, 0.29) is 10.8 Å². The summed E-state index contributed by atoms with van der Waals surface area (Å²) in [6, 6.07) is 11.2. The molecule has 0 radical (unpaired) electrons. The van der Waals surface area contributed by atoms with Crippen LogP contribution in [-0.4, -0.2) is 46.9 Å². The molecule has 0 spiro atoms. The lowest BCUT2D eigenvalue weighted by Gasteiger charge is -2.11. The second kappa shape index (κ2) is 8.70. The van der Waals surface area contributed by atoms with Crippen molar-refractivity contribution in [3.8, 4) is 11.5 Å². The maximum absolute atomic E-state index is 12.1. The molecule has 0 aromatic heterocycles. The number of rotatable bonds is 7. The van der Waals surface area contributed by atoms with Gasteiger partial charge in [-0.2, -0.15) is 0 Å². The lowest BCUT2D eigenvalue weighted by atomic mass is 10.1. The topological polar surface area (TPSA) is 84.9 Å². The minimum Gasteiger partial charge on any atom is -0.497 e. The zero-order valence-corrected chi connectivity index (χ0v) is 16.4. The third-order valence-corrected chi connectivity index (χ3v) is 5.58. The number of ether oxygens (including phenoxy) is 2. The van der Waals surface area contributed by atoms with E-state index in [4.69, 9.17) is 9.47 Å². The first-order valence-corrected chi connectivity index (χ1v) is 9.45. The van der Waals surface area contributed by atoms with Crippen LogP contribution in [0.4, 0.5) is 5.69 Å². The molecule has 0 aliphatic carbocycles. The molecule has 1 N–H and O–H groups in total. The van der Waals surface area contributed by atoms with Crippen LogP contribution in [0.1, 0.15) is 5.56 Å². The zero-order valence-electron chi connectivity index (χ0n) is 15.6. The Morgan fingerprint density at radius 3 is 2.26 bits per heavy atom. The van der Waals surface area contributed by atoms with Crippen LogP contribution in [0.25, 0.3) is 6.08 Å². The van der Waals surface area contributed by atoms with Crippen LogP contribution in [0.15, 0.2) is 53.4 Å². The lowest BCUT2D eigenvalue weighted by Crippen LogP contribution is -2.22. The number of benzene rings is 2. The van der Waals surface area contributed by atoms with Gasteiger partial charge in [-0.1, -0.05) is 0 Å². The molecule has 27 heavy (non-hydrogen) atoms. The van der Waals surface area contributed by atoms with Gasteiger partial charge in [0.15, 0.2) is 0 Å². The molecule has 0 bridgehead atoms. The van der Waals surface area contributed by atoms with E-state index in [1.807, 2.05) is 0 Å². The molecule has 2 aromatic carbocycles. The first kappa shape index (κ1) is 20.5. The summed E-state index contributed by atoms with van der Waals surface area (Å²) in [5, 5.41) is 2.68. The molecule has 0 atom stereocenters. The summed E-state index contributed by atoms with van der Waals surface area (Å²) in [7, 11) is 2.52. The summed E-state index contributed by atoms with van der Waals surface area (Å²) in [5.41, 5.74) is 1.18. The molecule has 144 valence electrons. The molecule has 8 heteroatoms. The second-order valence-corrected chi connectivity index (χ2v) is 7.89. The van der Waals surface area contributed by atoms with Gasteiger partial charge >= 0.3 is 0 Å². The first-order chi connectivity index (χ1) is 12.8. The Hall–Kier alpha value is -2.84. The normalized spacial score (nSPS) is 11.6. The van der Waals surface area contributed by atoms with Gasteiger partial charge in [0.2, 0.25) is 15.9 Å². The number of carbonyl (C=O) groups excluding carboxylic acids is 1. The van der Waals surface area contributed by atoms with Crippen molar-refractivity contribution in [1.29, 1.82) is 0 Å². The number of amides is 1. The maximum Gasteiger partial charge on any atom is 0.248 e.